The normalized spacial score (nSPS) is 12.4. The van der Waals surface area contributed by atoms with Crippen LogP contribution in [0.5, 0.6) is 0 Å². The van der Waals surface area contributed by atoms with Gasteiger partial charge >= 0.3 is 0 Å². The second-order valence-electron chi connectivity index (χ2n) is 3.96. The Morgan fingerprint density at radius 3 is 2.76 bits per heavy atom. The van der Waals surface area contributed by atoms with Crippen LogP contribution in [0.15, 0.2) is 24.3 Å². The third-order valence-corrected chi connectivity index (χ3v) is 3.46. The van der Waals surface area contributed by atoms with Gasteiger partial charge in [-0.2, -0.15) is 11.8 Å². The van der Waals surface area contributed by atoms with Gasteiger partial charge in [-0.05, 0) is 24.3 Å². The summed E-state index contributed by atoms with van der Waals surface area (Å²) in [6.07, 6.45) is 3.18. The lowest BCUT2D eigenvalue weighted by Crippen LogP contribution is -2.31. The molecule has 3 N–H and O–H groups in total. The molecule has 0 radical (unpaired) electrons. The molecule has 3 nitrogen and oxygen atoms in total. The minimum Gasteiger partial charge on any atom is -0.366 e. The molecule has 0 fully saturated rings. The van der Waals surface area contributed by atoms with E-state index in [0.29, 0.717) is 18.2 Å². The summed E-state index contributed by atoms with van der Waals surface area (Å²) in [6.45, 7) is 2.85. The van der Waals surface area contributed by atoms with Crippen molar-refractivity contribution in [2.75, 3.05) is 12.0 Å². The van der Waals surface area contributed by atoms with Crippen molar-refractivity contribution in [1.82, 2.24) is 5.32 Å². The van der Waals surface area contributed by atoms with Crippen molar-refractivity contribution in [3.05, 3.63) is 35.4 Å². The molecule has 0 spiro atoms. The van der Waals surface area contributed by atoms with Crippen molar-refractivity contribution >= 4 is 17.7 Å². The molecular weight excluding hydrogens is 232 g/mol. The molecule has 1 unspecified atom stereocenters. The van der Waals surface area contributed by atoms with Crippen LogP contribution in [-0.4, -0.2) is 24.0 Å². The van der Waals surface area contributed by atoms with Crippen molar-refractivity contribution in [2.45, 2.75) is 25.9 Å². The summed E-state index contributed by atoms with van der Waals surface area (Å²) in [5, 5.41) is 3.45. The highest BCUT2D eigenvalue weighted by atomic mass is 32.2. The van der Waals surface area contributed by atoms with Gasteiger partial charge in [-0.15, -0.1) is 0 Å². The third-order valence-electron chi connectivity index (χ3n) is 2.72. The molecule has 0 heterocycles. The monoisotopic (exact) mass is 252 g/mol. The summed E-state index contributed by atoms with van der Waals surface area (Å²) >= 11 is 1.83. The van der Waals surface area contributed by atoms with E-state index in [1.807, 2.05) is 30.0 Å². The molecule has 0 bridgehead atoms. The topological polar surface area (TPSA) is 55.1 Å². The molecule has 1 amide bonds. The molecule has 1 aromatic rings. The minimum atomic E-state index is -0.361. The third kappa shape index (κ3) is 4.40. The lowest BCUT2D eigenvalue weighted by molar-refractivity contribution is 0.0999. The van der Waals surface area contributed by atoms with E-state index in [1.165, 1.54) is 0 Å². The van der Waals surface area contributed by atoms with Gasteiger partial charge in [-0.1, -0.05) is 25.1 Å². The van der Waals surface area contributed by atoms with Crippen molar-refractivity contribution in [2.24, 2.45) is 5.73 Å². The van der Waals surface area contributed by atoms with Crippen LogP contribution in [0.1, 0.15) is 29.3 Å². The van der Waals surface area contributed by atoms with E-state index < -0.39 is 0 Å². The van der Waals surface area contributed by atoms with Crippen molar-refractivity contribution < 1.29 is 4.79 Å². The standard InChI is InChI=1S/C13H20N2OS/c1-3-11(9-17-2)15-8-10-6-4-5-7-12(10)13(14)16/h4-7,11,15H,3,8-9H2,1-2H3,(H2,14,16). The average molecular weight is 252 g/mol. The number of hydrogen-bond acceptors (Lipinski definition) is 3. The van der Waals surface area contributed by atoms with Crippen molar-refractivity contribution in [3.8, 4) is 0 Å². The van der Waals surface area contributed by atoms with Crippen molar-refractivity contribution in [1.29, 1.82) is 0 Å². The lowest BCUT2D eigenvalue weighted by Gasteiger charge is -2.16. The molecule has 1 aromatic carbocycles. The van der Waals surface area contributed by atoms with Gasteiger partial charge in [0.25, 0.3) is 0 Å². The van der Waals surface area contributed by atoms with E-state index in [0.717, 1.165) is 17.7 Å². The van der Waals surface area contributed by atoms with Crippen LogP contribution < -0.4 is 11.1 Å². The fourth-order valence-electron chi connectivity index (χ4n) is 1.69. The Bertz CT molecular complexity index is 368. The fourth-order valence-corrected chi connectivity index (χ4v) is 2.45. The first-order valence-corrected chi connectivity index (χ1v) is 7.18. The van der Waals surface area contributed by atoms with Gasteiger partial charge in [0.05, 0.1) is 0 Å². The zero-order valence-corrected chi connectivity index (χ0v) is 11.2. The molecular formula is C13H20N2OS. The molecule has 1 rings (SSSR count). The first-order chi connectivity index (χ1) is 8.19. The van der Waals surface area contributed by atoms with Crippen molar-refractivity contribution in [3.63, 3.8) is 0 Å². The Hall–Kier alpha value is -1.00. The highest BCUT2D eigenvalue weighted by Crippen LogP contribution is 2.09. The summed E-state index contributed by atoms with van der Waals surface area (Å²) in [5.41, 5.74) is 6.92. The zero-order chi connectivity index (χ0) is 12.7. The second-order valence-corrected chi connectivity index (χ2v) is 4.87. The van der Waals surface area contributed by atoms with E-state index in [2.05, 4.69) is 18.5 Å². The number of thioether (sulfide) groups is 1. The van der Waals surface area contributed by atoms with Gasteiger partial charge in [-0.3, -0.25) is 4.79 Å². The van der Waals surface area contributed by atoms with Crippen LogP contribution in [0.3, 0.4) is 0 Å². The highest BCUT2D eigenvalue weighted by molar-refractivity contribution is 7.98. The summed E-state index contributed by atoms with van der Waals surface area (Å²) in [6, 6.07) is 7.96. The number of nitrogens with two attached hydrogens (primary N) is 1. The van der Waals surface area contributed by atoms with Crippen LogP contribution in [0.2, 0.25) is 0 Å². The van der Waals surface area contributed by atoms with Crippen LogP contribution in [0, 0.1) is 0 Å². The molecule has 94 valence electrons. The number of rotatable bonds is 7. The summed E-state index contributed by atoms with van der Waals surface area (Å²) in [7, 11) is 0. The largest absolute Gasteiger partial charge is 0.366 e. The molecule has 0 aromatic heterocycles. The Kier molecular flexibility index (Phi) is 6.08. The summed E-state index contributed by atoms with van der Waals surface area (Å²) in [4.78, 5) is 11.3. The number of benzene rings is 1. The van der Waals surface area contributed by atoms with Gasteiger partial charge in [-0.25, -0.2) is 0 Å². The number of hydrogen-bond donors (Lipinski definition) is 2. The summed E-state index contributed by atoms with van der Waals surface area (Å²) in [5.74, 6) is 0.718. The second kappa shape index (κ2) is 7.35. The van der Waals surface area contributed by atoms with E-state index in [-0.39, 0.29) is 5.91 Å². The lowest BCUT2D eigenvalue weighted by atomic mass is 10.1. The maximum Gasteiger partial charge on any atom is 0.249 e. The van der Waals surface area contributed by atoms with Crippen LogP contribution in [0.4, 0.5) is 0 Å². The molecule has 0 aliphatic rings. The smallest absolute Gasteiger partial charge is 0.249 e. The van der Waals surface area contributed by atoms with Gasteiger partial charge in [0.15, 0.2) is 0 Å². The minimum absolute atomic E-state index is 0.361. The Morgan fingerprint density at radius 1 is 1.47 bits per heavy atom. The number of carbonyl (C=O) groups is 1. The van der Waals surface area contributed by atoms with Gasteiger partial charge < -0.3 is 11.1 Å². The molecule has 0 saturated carbocycles. The number of amides is 1. The predicted octanol–water partition coefficient (Wildman–Crippen LogP) is 2.02. The molecule has 1 atom stereocenters. The molecule has 0 aliphatic carbocycles. The molecule has 0 aliphatic heterocycles. The van der Waals surface area contributed by atoms with E-state index in [4.69, 9.17) is 5.73 Å². The van der Waals surface area contributed by atoms with E-state index in [9.17, 15) is 4.79 Å². The van der Waals surface area contributed by atoms with Crippen LogP contribution >= 0.6 is 11.8 Å². The first kappa shape index (κ1) is 14.1. The van der Waals surface area contributed by atoms with E-state index in [1.54, 1.807) is 6.07 Å². The SMILES string of the molecule is CCC(CSC)NCc1ccccc1C(N)=O. The predicted molar refractivity (Wildman–Crippen MR) is 74.3 cm³/mol. The van der Waals surface area contributed by atoms with Gasteiger partial charge in [0.2, 0.25) is 5.91 Å². The Labute approximate surface area is 107 Å². The molecule has 17 heavy (non-hydrogen) atoms. The highest BCUT2D eigenvalue weighted by Gasteiger charge is 2.09. The molecule has 0 saturated heterocycles. The maximum absolute atomic E-state index is 11.3. The first-order valence-electron chi connectivity index (χ1n) is 5.79. The maximum atomic E-state index is 11.3. The van der Waals surface area contributed by atoms with Crippen LogP contribution in [0.25, 0.3) is 0 Å². The number of carbonyl (C=O) groups excluding carboxylic acids is 1. The van der Waals surface area contributed by atoms with Gasteiger partial charge in [0.1, 0.15) is 0 Å². The Balaban J connectivity index is 2.65. The quantitative estimate of drug-likeness (QED) is 0.780. The number of nitrogens with one attached hydrogen (secondary N) is 1. The molecule has 4 heteroatoms. The average Bonchev–Trinajstić information content (AvgIpc) is 2.34. The Morgan fingerprint density at radius 2 is 2.18 bits per heavy atom. The number of primary amides is 1. The van der Waals surface area contributed by atoms with Crippen LogP contribution in [-0.2, 0) is 6.54 Å². The zero-order valence-electron chi connectivity index (χ0n) is 10.4. The van der Waals surface area contributed by atoms with E-state index >= 15 is 0 Å². The fraction of sp³-hybridized carbons (Fsp3) is 0.462. The van der Waals surface area contributed by atoms with Gasteiger partial charge in [0, 0.05) is 23.9 Å². The summed E-state index contributed by atoms with van der Waals surface area (Å²) < 4.78 is 0.